The summed E-state index contributed by atoms with van der Waals surface area (Å²) in [4.78, 5) is 26.4. The number of amides is 1. The minimum absolute atomic E-state index is 0.00800. The Bertz CT molecular complexity index is 739. The highest BCUT2D eigenvalue weighted by atomic mass is 16.5. The van der Waals surface area contributed by atoms with Gasteiger partial charge in [-0.3, -0.25) is 9.59 Å². The van der Waals surface area contributed by atoms with Gasteiger partial charge in [-0.1, -0.05) is 60.2 Å². The Morgan fingerprint density at radius 2 is 1.84 bits per heavy atom. The van der Waals surface area contributed by atoms with Crippen molar-refractivity contribution < 1.29 is 14.3 Å². The smallest absolute Gasteiger partial charge is 0.311 e. The summed E-state index contributed by atoms with van der Waals surface area (Å²) in [6.45, 7) is 4.68. The molecule has 0 radical (unpaired) electrons. The van der Waals surface area contributed by atoms with Gasteiger partial charge in [-0.15, -0.1) is 0 Å². The van der Waals surface area contributed by atoms with E-state index in [-0.39, 0.29) is 36.9 Å². The van der Waals surface area contributed by atoms with Gasteiger partial charge in [0, 0.05) is 13.0 Å². The number of esters is 1. The van der Waals surface area contributed by atoms with Gasteiger partial charge in [0.1, 0.15) is 6.61 Å². The van der Waals surface area contributed by atoms with Crippen molar-refractivity contribution in [1.29, 1.82) is 0 Å². The van der Waals surface area contributed by atoms with E-state index in [0.29, 0.717) is 6.54 Å². The molecule has 4 nitrogen and oxygen atoms in total. The Kier molecular flexibility index (Phi) is 5.17. The number of hydrogen-bond donors (Lipinski definition) is 0. The van der Waals surface area contributed by atoms with Crippen LogP contribution in [-0.4, -0.2) is 23.3 Å². The third-order valence-electron chi connectivity index (χ3n) is 4.74. The number of aryl methyl sites for hydroxylation is 1. The zero-order valence-electron chi connectivity index (χ0n) is 14.6. The van der Waals surface area contributed by atoms with E-state index >= 15 is 0 Å². The van der Waals surface area contributed by atoms with Crippen LogP contribution in [0.3, 0.4) is 0 Å². The van der Waals surface area contributed by atoms with Crippen LogP contribution in [0, 0.1) is 12.8 Å². The van der Waals surface area contributed by atoms with Gasteiger partial charge >= 0.3 is 5.97 Å². The van der Waals surface area contributed by atoms with E-state index < -0.39 is 0 Å². The van der Waals surface area contributed by atoms with Crippen molar-refractivity contribution >= 4 is 11.9 Å². The van der Waals surface area contributed by atoms with Crippen LogP contribution in [0.5, 0.6) is 0 Å². The molecular formula is C21H23NO3. The lowest BCUT2D eigenvalue weighted by molar-refractivity contribution is -0.149. The molecule has 0 aliphatic carbocycles. The number of hydrogen-bond acceptors (Lipinski definition) is 3. The number of likely N-dealkylation sites (tertiary alicyclic amines) is 1. The van der Waals surface area contributed by atoms with Gasteiger partial charge in [-0.25, -0.2) is 0 Å². The third kappa shape index (κ3) is 4.08. The predicted octanol–water partition coefficient (Wildman–Crippen LogP) is 3.65. The maximum Gasteiger partial charge on any atom is 0.311 e. The minimum atomic E-state index is -0.385. The summed E-state index contributed by atoms with van der Waals surface area (Å²) in [7, 11) is 0. The summed E-state index contributed by atoms with van der Waals surface area (Å²) in [5.74, 6) is -0.672. The Balaban J connectivity index is 1.58. The first kappa shape index (κ1) is 17.2. The highest BCUT2D eigenvalue weighted by Crippen LogP contribution is 2.29. The van der Waals surface area contributed by atoms with E-state index in [2.05, 4.69) is 0 Å². The van der Waals surface area contributed by atoms with Crippen LogP contribution in [0.2, 0.25) is 0 Å². The fraction of sp³-hybridized carbons (Fsp3) is 0.333. The monoisotopic (exact) mass is 337 g/mol. The van der Waals surface area contributed by atoms with Crippen LogP contribution >= 0.6 is 0 Å². The summed E-state index contributed by atoms with van der Waals surface area (Å²) in [6, 6.07) is 17.7. The molecule has 4 heteroatoms. The zero-order chi connectivity index (χ0) is 17.8. The molecule has 0 N–H and O–H groups in total. The predicted molar refractivity (Wildman–Crippen MR) is 95.7 cm³/mol. The van der Waals surface area contributed by atoms with E-state index in [1.54, 1.807) is 4.90 Å². The van der Waals surface area contributed by atoms with E-state index in [4.69, 9.17) is 4.74 Å². The molecule has 130 valence electrons. The van der Waals surface area contributed by atoms with Crippen molar-refractivity contribution in [1.82, 2.24) is 4.90 Å². The fourth-order valence-corrected chi connectivity index (χ4v) is 3.13. The molecule has 0 aromatic heterocycles. The van der Waals surface area contributed by atoms with E-state index in [1.807, 2.05) is 68.4 Å². The largest absolute Gasteiger partial charge is 0.461 e. The van der Waals surface area contributed by atoms with Crippen LogP contribution in [0.4, 0.5) is 0 Å². The lowest BCUT2D eigenvalue weighted by atomic mass is 10.1. The van der Waals surface area contributed by atoms with Gasteiger partial charge in [-0.2, -0.15) is 0 Å². The molecule has 1 aliphatic rings. The standard InChI is InChI=1S/C21H23NO3/c1-15-8-10-17(11-9-15)14-25-21(24)19-12-20(23)22(13-19)16(2)18-6-4-3-5-7-18/h3-11,16,19H,12-14H2,1-2H3/t16-,19-/m0/s1. The molecule has 2 aromatic carbocycles. The first-order valence-corrected chi connectivity index (χ1v) is 8.61. The fourth-order valence-electron chi connectivity index (χ4n) is 3.13. The average molecular weight is 337 g/mol. The number of rotatable bonds is 5. The molecule has 0 bridgehead atoms. The van der Waals surface area contributed by atoms with Crippen LogP contribution < -0.4 is 0 Å². The number of carbonyl (C=O) groups excluding carboxylic acids is 2. The lowest BCUT2D eigenvalue weighted by Gasteiger charge is -2.25. The summed E-state index contributed by atoms with van der Waals surface area (Å²) in [5.41, 5.74) is 3.20. The lowest BCUT2D eigenvalue weighted by Crippen LogP contribution is -2.29. The second-order valence-corrected chi connectivity index (χ2v) is 6.63. The number of nitrogens with zero attached hydrogens (tertiary/aromatic N) is 1. The van der Waals surface area contributed by atoms with Crippen LogP contribution in [0.15, 0.2) is 54.6 Å². The van der Waals surface area contributed by atoms with Crippen molar-refractivity contribution in [3.05, 3.63) is 71.3 Å². The molecule has 0 saturated carbocycles. The van der Waals surface area contributed by atoms with E-state index in [1.165, 1.54) is 5.56 Å². The molecule has 0 spiro atoms. The molecule has 3 rings (SSSR count). The molecule has 25 heavy (non-hydrogen) atoms. The van der Waals surface area contributed by atoms with E-state index in [0.717, 1.165) is 11.1 Å². The highest BCUT2D eigenvalue weighted by molar-refractivity contribution is 5.87. The summed E-state index contributed by atoms with van der Waals surface area (Å²) < 4.78 is 5.42. The van der Waals surface area contributed by atoms with Gasteiger partial charge in [0.05, 0.1) is 12.0 Å². The number of benzene rings is 2. The van der Waals surface area contributed by atoms with Crippen molar-refractivity contribution in [2.24, 2.45) is 5.92 Å². The van der Waals surface area contributed by atoms with Crippen molar-refractivity contribution in [2.45, 2.75) is 32.9 Å². The Morgan fingerprint density at radius 3 is 2.52 bits per heavy atom. The SMILES string of the molecule is Cc1ccc(COC(=O)[C@H]2CC(=O)N([C@@H](C)c3ccccc3)C2)cc1. The Morgan fingerprint density at radius 1 is 1.16 bits per heavy atom. The number of ether oxygens (including phenoxy) is 1. The minimum Gasteiger partial charge on any atom is -0.461 e. The van der Waals surface area contributed by atoms with Gasteiger partial charge in [0.2, 0.25) is 5.91 Å². The average Bonchev–Trinajstić information content (AvgIpc) is 3.03. The molecule has 1 fully saturated rings. The van der Waals surface area contributed by atoms with Crippen molar-refractivity contribution in [3.8, 4) is 0 Å². The quantitative estimate of drug-likeness (QED) is 0.783. The topological polar surface area (TPSA) is 46.6 Å². The van der Waals surface area contributed by atoms with Gasteiger partial charge in [0.25, 0.3) is 0 Å². The van der Waals surface area contributed by atoms with E-state index in [9.17, 15) is 9.59 Å². The van der Waals surface area contributed by atoms with Gasteiger partial charge < -0.3 is 9.64 Å². The molecule has 0 unspecified atom stereocenters. The maximum atomic E-state index is 12.3. The normalized spacial score (nSPS) is 18.2. The molecule has 1 saturated heterocycles. The summed E-state index contributed by atoms with van der Waals surface area (Å²) in [6.07, 6.45) is 0.226. The van der Waals surface area contributed by atoms with Gasteiger partial charge in [0.15, 0.2) is 0 Å². The van der Waals surface area contributed by atoms with Crippen molar-refractivity contribution in [3.63, 3.8) is 0 Å². The molecule has 1 amide bonds. The molecule has 1 aliphatic heterocycles. The van der Waals surface area contributed by atoms with Gasteiger partial charge in [-0.05, 0) is 25.0 Å². The van der Waals surface area contributed by atoms with Crippen LogP contribution in [-0.2, 0) is 20.9 Å². The molecule has 1 heterocycles. The van der Waals surface area contributed by atoms with Crippen LogP contribution in [0.1, 0.15) is 36.1 Å². The first-order chi connectivity index (χ1) is 12.0. The second-order valence-electron chi connectivity index (χ2n) is 6.63. The summed E-state index contributed by atoms with van der Waals surface area (Å²) in [5, 5.41) is 0. The molecule has 2 aromatic rings. The first-order valence-electron chi connectivity index (χ1n) is 8.61. The summed E-state index contributed by atoms with van der Waals surface area (Å²) >= 11 is 0. The second kappa shape index (κ2) is 7.51. The van der Waals surface area contributed by atoms with Crippen LogP contribution in [0.25, 0.3) is 0 Å². The Labute approximate surface area is 148 Å². The Hall–Kier alpha value is -2.62. The zero-order valence-corrected chi connectivity index (χ0v) is 14.6. The molecule has 2 atom stereocenters. The third-order valence-corrected chi connectivity index (χ3v) is 4.74. The highest BCUT2D eigenvalue weighted by Gasteiger charge is 2.37. The molecular weight excluding hydrogens is 314 g/mol. The maximum absolute atomic E-state index is 12.3. The van der Waals surface area contributed by atoms with Crippen molar-refractivity contribution in [2.75, 3.05) is 6.54 Å². The number of carbonyl (C=O) groups is 2.